The largest absolute Gasteiger partial charge is 0.481 e. The molecule has 0 saturated heterocycles. The molecule has 0 fully saturated rings. The third-order valence-corrected chi connectivity index (χ3v) is 7.06. The molecule has 152 valence electrons. The van der Waals surface area contributed by atoms with Gasteiger partial charge < -0.3 is 9.67 Å². The normalized spacial score (nSPS) is 17.4. The number of carbonyl (C=O) groups is 1. The summed E-state index contributed by atoms with van der Waals surface area (Å²) in [5.74, 6) is -1.03. The van der Waals surface area contributed by atoms with Crippen LogP contribution in [0.4, 0.5) is 0 Å². The summed E-state index contributed by atoms with van der Waals surface area (Å²) in [4.78, 5) is 15.8. The second kappa shape index (κ2) is 7.15. The predicted molar refractivity (Wildman–Crippen MR) is 111 cm³/mol. The minimum atomic E-state index is -3.52. The Morgan fingerprint density at radius 3 is 2.62 bits per heavy atom. The molecule has 0 bridgehead atoms. The van der Waals surface area contributed by atoms with Crippen LogP contribution < -0.4 is 0 Å². The second-order valence-electron chi connectivity index (χ2n) is 7.60. The number of benzene rings is 1. The number of aryl methyl sites for hydroxylation is 1. The molecule has 1 aliphatic carbocycles. The summed E-state index contributed by atoms with van der Waals surface area (Å²) in [7, 11) is -3.52. The highest BCUT2D eigenvalue weighted by molar-refractivity contribution is 7.91. The first-order chi connectivity index (χ1) is 13.7. The van der Waals surface area contributed by atoms with Crippen LogP contribution >= 0.6 is 11.6 Å². The molecule has 6 nitrogen and oxygen atoms in total. The summed E-state index contributed by atoms with van der Waals surface area (Å²) >= 11 is 6.04. The first kappa shape index (κ1) is 19.9. The molecular weight excluding hydrogens is 412 g/mol. The number of nitrogens with zero attached hydrogens (tertiary/aromatic N) is 2. The second-order valence-corrected chi connectivity index (χ2v) is 10.0. The Balaban J connectivity index is 2.04. The fourth-order valence-corrected chi connectivity index (χ4v) is 5.38. The van der Waals surface area contributed by atoms with Gasteiger partial charge in [-0.2, -0.15) is 0 Å². The minimum Gasteiger partial charge on any atom is -0.481 e. The molecule has 1 N–H and O–H groups in total. The Bertz CT molecular complexity index is 1220. The quantitative estimate of drug-likeness (QED) is 0.652. The summed E-state index contributed by atoms with van der Waals surface area (Å²) in [6.45, 7) is 1.99. The Hall–Kier alpha value is -2.38. The van der Waals surface area contributed by atoms with Crippen molar-refractivity contribution in [3.8, 4) is 0 Å². The van der Waals surface area contributed by atoms with Gasteiger partial charge in [0.25, 0.3) is 0 Å². The fourth-order valence-electron chi connectivity index (χ4n) is 4.44. The van der Waals surface area contributed by atoms with Gasteiger partial charge >= 0.3 is 5.97 Å². The number of halogens is 1. The summed E-state index contributed by atoms with van der Waals surface area (Å²) in [5, 5.41) is 10.8. The maximum Gasteiger partial charge on any atom is 0.304 e. The van der Waals surface area contributed by atoms with Crippen molar-refractivity contribution >= 4 is 38.3 Å². The molecular formula is C21H21ClN2O4S. The lowest BCUT2D eigenvalue weighted by molar-refractivity contribution is -0.137. The van der Waals surface area contributed by atoms with Gasteiger partial charge in [0.2, 0.25) is 0 Å². The maximum atomic E-state index is 12.5. The van der Waals surface area contributed by atoms with Gasteiger partial charge in [-0.25, -0.2) is 8.42 Å². The van der Waals surface area contributed by atoms with Crippen LogP contribution in [0, 0.1) is 0 Å². The molecule has 4 rings (SSSR count). The number of aromatic nitrogens is 2. The molecule has 2 aromatic heterocycles. The number of carboxylic acids is 1. The van der Waals surface area contributed by atoms with E-state index in [1.807, 2.05) is 23.6 Å². The van der Waals surface area contributed by atoms with Crippen LogP contribution in [0.1, 0.15) is 48.5 Å². The van der Waals surface area contributed by atoms with Gasteiger partial charge in [0, 0.05) is 40.7 Å². The highest BCUT2D eigenvalue weighted by atomic mass is 35.5. The van der Waals surface area contributed by atoms with Crippen LogP contribution in [-0.4, -0.2) is 35.3 Å². The van der Waals surface area contributed by atoms with Crippen molar-refractivity contribution in [2.75, 3.05) is 6.26 Å². The standard InChI is InChI=1S/C21H21ClN2O4S/c1-12(13-3-6-15(22)7-4-13)24-20-14(9-19(25)26)5-8-16(20)17-10-23-11-18(21(17)24)29(2,27)28/h3-4,6-7,10-12,14H,5,8-9H2,1-2H3,(H,25,26)/t12-,14?/m0/s1. The van der Waals surface area contributed by atoms with Crippen molar-refractivity contribution in [2.45, 2.75) is 43.0 Å². The van der Waals surface area contributed by atoms with Crippen molar-refractivity contribution in [2.24, 2.45) is 0 Å². The van der Waals surface area contributed by atoms with E-state index in [0.717, 1.165) is 28.6 Å². The van der Waals surface area contributed by atoms with Crippen molar-refractivity contribution in [3.63, 3.8) is 0 Å². The van der Waals surface area contributed by atoms with Crippen molar-refractivity contribution < 1.29 is 18.3 Å². The molecule has 2 atom stereocenters. The van der Waals surface area contributed by atoms with Crippen molar-refractivity contribution in [3.05, 3.63) is 58.5 Å². The van der Waals surface area contributed by atoms with Crippen LogP contribution in [-0.2, 0) is 21.1 Å². The lowest BCUT2D eigenvalue weighted by Gasteiger charge is -2.23. The fraction of sp³-hybridized carbons (Fsp3) is 0.333. The Kier molecular flexibility index (Phi) is 4.91. The monoisotopic (exact) mass is 432 g/mol. The van der Waals surface area contributed by atoms with E-state index >= 15 is 0 Å². The maximum absolute atomic E-state index is 12.5. The molecule has 0 aliphatic heterocycles. The molecule has 2 heterocycles. The van der Waals surface area contributed by atoms with Gasteiger partial charge in [-0.3, -0.25) is 9.78 Å². The lowest BCUT2D eigenvalue weighted by atomic mass is 10.0. The van der Waals surface area contributed by atoms with Crippen LogP contribution in [0.5, 0.6) is 0 Å². The van der Waals surface area contributed by atoms with Crippen LogP contribution in [0.3, 0.4) is 0 Å². The third-order valence-electron chi connectivity index (χ3n) is 5.71. The number of fused-ring (bicyclic) bond motifs is 3. The molecule has 3 aromatic rings. The predicted octanol–water partition coefficient (Wildman–Crippen LogP) is 4.21. The Morgan fingerprint density at radius 2 is 2.00 bits per heavy atom. The van der Waals surface area contributed by atoms with E-state index in [1.165, 1.54) is 12.5 Å². The zero-order valence-electron chi connectivity index (χ0n) is 16.1. The number of carboxylic acid groups (broad SMARTS) is 1. The summed E-state index contributed by atoms with van der Waals surface area (Å²) in [6, 6.07) is 7.22. The molecule has 8 heteroatoms. The molecule has 0 radical (unpaired) electrons. The summed E-state index contributed by atoms with van der Waals surface area (Å²) in [6.07, 6.45) is 5.69. The van der Waals surface area contributed by atoms with E-state index < -0.39 is 15.8 Å². The first-order valence-corrected chi connectivity index (χ1v) is 11.6. The van der Waals surface area contributed by atoms with E-state index in [0.29, 0.717) is 17.0 Å². The van der Waals surface area contributed by atoms with E-state index in [-0.39, 0.29) is 23.3 Å². The average molecular weight is 433 g/mol. The molecule has 0 amide bonds. The Labute approximate surface area is 174 Å². The lowest BCUT2D eigenvalue weighted by Crippen LogP contribution is -2.15. The van der Waals surface area contributed by atoms with E-state index in [1.54, 1.807) is 18.3 Å². The highest BCUT2D eigenvalue weighted by Gasteiger charge is 2.35. The van der Waals surface area contributed by atoms with Gasteiger partial charge in [-0.1, -0.05) is 23.7 Å². The van der Waals surface area contributed by atoms with Gasteiger partial charge in [0.15, 0.2) is 9.84 Å². The first-order valence-electron chi connectivity index (χ1n) is 9.36. The van der Waals surface area contributed by atoms with Gasteiger partial charge in [0.1, 0.15) is 4.90 Å². The summed E-state index contributed by atoms with van der Waals surface area (Å²) in [5.41, 5.74) is 3.48. The molecule has 1 aromatic carbocycles. The topological polar surface area (TPSA) is 89.3 Å². The van der Waals surface area contributed by atoms with Crippen LogP contribution in [0.15, 0.2) is 41.6 Å². The highest BCUT2D eigenvalue weighted by Crippen LogP contribution is 2.45. The minimum absolute atomic E-state index is 0.0122. The van der Waals surface area contributed by atoms with E-state index in [4.69, 9.17) is 11.6 Å². The number of aliphatic carboxylic acids is 1. The van der Waals surface area contributed by atoms with Gasteiger partial charge in [-0.15, -0.1) is 0 Å². The number of hydrogen-bond donors (Lipinski definition) is 1. The molecule has 1 aliphatic rings. The smallest absolute Gasteiger partial charge is 0.304 e. The molecule has 0 saturated carbocycles. The zero-order valence-corrected chi connectivity index (χ0v) is 17.7. The van der Waals surface area contributed by atoms with E-state index in [9.17, 15) is 18.3 Å². The Morgan fingerprint density at radius 1 is 1.31 bits per heavy atom. The van der Waals surface area contributed by atoms with Crippen molar-refractivity contribution in [1.29, 1.82) is 0 Å². The average Bonchev–Trinajstić information content (AvgIpc) is 3.19. The number of rotatable bonds is 5. The number of sulfone groups is 1. The van der Waals surface area contributed by atoms with Crippen LogP contribution in [0.25, 0.3) is 10.9 Å². The molecule has 0 spiro atoms. The summed E-state index contributed by atoms with van der Waals surface area (Å²) < 4.78 is 27.1. The number of hydrogen-bond acceptors (Lipinski definition) is 4. The zero-order chi connectivity index (χ0) is 20.9. The van der Waals surface area contributed by atoms with Crippen molar-refractivity contribution in [1.82, 2.24) is 9.55 Å². The molecule has 1 unspecified atom stereocenters. The third kappa shape index (κ3) is 3.42. The molecule has 29 heavy (non-hydrogen) atoms. The van der Waals surface area contributed by atoms with Crippen LogP contribution in [0.2, 0.25) is 5.02 Å². The van der Waals surface area contributed by atoms with E-state index in [2.05, 4.69) is 4.98 Å². The number of pyridine rings is 1. The SMILES string of the molecule is C[C@@H](c1ccc(Cl)cc1)n1c2c(c3cncc(S(C)(=O)=O)c31)CCC2CC(=O)O. The van der Waals surface area contributed by atoms with Gasteiger partial charge in [0.05, 0.1) is 18.0 Å². The van der Waals surface area contributed by atoms with Gasteiger partial charge in [-0.05, 0) is 43.0 Å².